The molecule has 1 rings (SSSR count). The first-order valence-corrected chi connectivity index (χ1v) is 6.75. The molecule has 0 amide bonds. The van der Waals surface area contributed by atoms with Gasteiger partial charge >= 0.3 is 0 Å². The molecule has 18 heavy (non-hydrogen) atoms. The zero-order valence-corrected chi connectivity index (χ0v) is 12.5. The van der Waals surface area contributed by atoms with Crippen LogP contribution in [0.5, 0.6) is 0 Å². The van der Waals surface area contributed by atoms with Crippen molar-refractivity contribution in [3.63, 3.8) is 0 Å². The van der Waals surface area contributed by atoms with E-state index in [0.717, 1.165) is 16.0 Å². The second-order valence-corrected chi connectivity index (χ2v) is 3.98. The highest BCUT2D eigenvalue weighted by Crippen LogP contribution is 2.31. The van der Waals surface area contributed by atoms with Gasteiger partial charge < -0.3 is 8.92 Å². The molecule has 0 aliphatic heterocycles. The minimum atomic E-state index is 0.633. The van der Waals surface area contributed by atoms with Crippen LogP contribution in [-0.2, 0) is 8.92 Å². The van der Waals surface area contributed by atoms with Gasteiger partial charge in [0.25, 0.3) is 0 Å². The number of methoxy groups -OCH3 is 1. The normalized spacial score (nSPS) is 9.11. The molecule has 1 aromatic carbocycles. The van der Waals surface area contributed by atoms with Gasteiger partial charge in [0, 0.05) is 28.1 Å². The van der Waals surface area contributed by atoms with Crippen LogP contribution < -0.4 is 0 Å². The Morgan fingerprint density at radius 1 is 1.17 bits per heavy atom. The van der Waals surface area contributed by atoms with Crippen molar-refractivity contribution in [2.24, 2.45) is 0 Å². The van der Waals surface area contributed by atoms with Crippen molar-refractivity contribution in [3.05, 3.63) is 48.6 Å². The molecule has 0 spiro atoms. The van der Waals surface area contributed by atoms with Crippen molar-refractivity contribution in [3.8, 4) is 0 Å². The molecule has 3 heteroatoms. The molecule has 1 aromatic rings. The quantitative estimate of drug-likeness (QED) is 0.534. The molecule has 0 unspecified atom stereocenters. The summed E-state index contributed by atoms with van der Waals surface area (Å²) in [5, 5.41) is 0. The van der Waals surface area contributed by atoms with Crippen LogP contribution in [0.3, 0.4) is 0 Å². The third-order valence-electron chi connectivity index (χ3n) is 2.05. The third kappa shape index (κ3) is 4.98. The van der Waals surface area contributed by atoms with Crippen LogP contribution in [-0.4, -0.2) is 13.7 Å². The molecular formula is C15H22O2S. The molecule has 0 saturated carbocycles. The largest absolute Gasteiger partial charge is 0.497 e. The van der Waals surface area contributed by atoms with Gasteiger partial charge in [0.05, 0.1) is 13.7 Å². The number of benzene rings is 1. The number of hydrogen-bond donors (Lipinski definition) is 0. The van der Waals surface area contributed by atoms with Crippen LogP contribution in [0.2, 0.25) is 0 Å². The maximum Gasteiger partial charge on any atom is 0.119 e. The Morgan fingerprint density at radius 3 is 2.22 bits per heavy atom. The van der Waals surface area contributed by atoms with E-state index in [-0.39, 0.29) is 0 Å². The molecule has 0 heterocycles. The monoisotopic (exact) mass is 266 g/mol. The molecule has 100 valence electrons. The van der Waals surface area contributed by atoms with E-state index < -0.39 is 0 Å². The summed E-state index contributed by atoms with van der Waals surface area (Å²) >= 11 is 1.28. The summed E-state index contributed by atoms with van der Waals surface area (Å²) in [6.07, 6.45) is 0. The van der Waals surface area contributed by atoms with E-state index in [9.17, 15) is 0 Å². The van der Waals surface area contributed by atoms with Crippen molar-refractivity contribution in [2.75, 3.05) is 13.7 Å². The van der Waals surface area contributed by atoms with Crippen molar-refractivity contribution >= 4 is 22.7 Å². The minimum Gasteiger partial charge on any atom is -0.497 e. The van der Waals surface area contributed by atoms with Gasteiger partial charge in [-0.1, -0.05) is 51.3 Å². The van der Waals surface area contributed by atoms with Crippen LogP contribution in [0.1, 0.15) is 31.9 Å². The van der Waals surface area contributed by atoms with Gasteiger partial charge in [0.2, 0.25) is 0 Å². The van der Waals surface area contributed by atoms with Crippen LogP contribution in [0, 0.1) is 0 Å². The van der Waals surface area contributed by atoms with E-state index in [1.807, 2.05) is 45.0 Å². The van der Waals surface area contributed by atoms with E-state index in [0.29, 0.717) is 12.4 Å². The van der Waals surface area contributed by atoms with E-state index in [1.54, 1.807) is 7.11 Å². The summed E-state index contributed by atoms with van der Waals surface area (Å²) in [6, 6.07) is 7.84. The molecule has 0 aromatic heterocycles. The van der Waals surface area contributed by atoms with Gasteiger partial charge in [-0.3, -0.25) is 0 Å². The van der Waals surface area contributed by atoms with Gasteiger partial charge in [0.1, 0.15) is 5.76 Å². The molecule has 0 radical (unpaired) electrons. The maximum absolute atomic E-state index is 5.26. The molecular weight excluding hydrogens is 244 g/mol. The second kappa shape index (κ2) is 9.80. The Labute approximate surface area is 115 Å². The Kier molecular flexibility index (Phi) is 9.15. The maximum atomic E-state index is 5.26. The topological polar surface area (TPSA) is 18.5 Å². The lowest BCUT2D eigenvalue weighted by Crippen LogP contribution is -1.92. The highest BCUT2D eigenvalue weighted by Gasteiger charge is 2.09. The van der Waals surface area contributed by atoms with E-state index >= 15 is 0 Å². The number of hydrogen-bond acceptors (Lipinski definition) is 3. The van der Waals surface area contributed by atoms with Crippen molar-refractivity contribution < 1.29 is 8.92 Å². The molecule has 2 nitrogen and oxygen atoms in total. The smallest absolute Gasteiger partial charge is 0.119 e. The molecule has 0 aliphatic carbocycles. The summed E-state index contributed by atoms with van der Waals surface area (Å²) in [7, 11) is 1.61. The van der Waals surface area contributed by atoms with Crippen LogP contribution in [0.25, 0.3) is 10.7 Å². The summed E-state index contributed by atoms with van der Waals surface area (Å²) in [4.78, 5) is 0.857. The summed E-state index contributed by atoms with van der Waals surface area (Å²) < 4.78 is 10.4. The van der Waals surface area contributed by atoms with Crippen LogP contribution in [0.4, 0.5) is 0 Å². The predicted octanol–water partition coefficient (Wildman–Crippen LogP) is 4.99. The fourth-order valence-corrected chi connectivity index (χ4v) is 1.78. The minimum absolute atomic E-state index is 0.633. The predicted molar refractivity (Wildman–Crippen MR) is 82.1 cm³/mol. The molecule has 0 aliphatic rings. The molecule has 0 fully saturated rings. The van der Waals surface area contributed by atoms with Gasteiger partial charge in [0.15, 0.2) is 0 Å². The number of rotatable bonds is 6. The first kappa shape index (κ1) is 16.8. The van der Waals surface area contributed by atoms with Gasteiger partial charge in [-0.05, 0) is 6.92 Å². The summed E-state index contributed by atoms with van der Waals surface area (Å²) in [5.41, 5.74) is 1.94. The van der Waals surface area contributed by atoms with E-state index in [2.05, 4.69) is 13.2 Å². The SMILES string of the molecule is C=C(OC)c1ccccc1C(=C)SOCC.CC. The Bertz CT molecular complexity index is 386. The van der Waals surface area contributed by atoms with Crippen molar-refractivity contribution in [1.82, 2.24) is 0 Å². The first-order valence-electron chi connectivity index (χ1n) is 6.01. The van der Waals surface area contributed by atoms with Gasteiger partial charge in [-0.2, -0.15) is 0 Å². The fraction of sp³-hybridized carbons (Fsp3) is 0.333. The zero-order valence-electron chi connectivity index (χ0n) is 11.7. The Balaban J connectivity index is 0.00000137. The third-order valence-corrected chi connectivity index (χ3v) is 2.83. The average molecular weight is 266 g/mol. The molecule has 0 saturated heterocycles. The Morgan fingerprint density at radius 2 is 1.72 bits per heavy atom. The van der Waals surface area contributed by atoms with Crippen molar-refractivity contribution in [1.29, 1.82) is 0 Å². The number of ether oxygens (including phenoxy) is 1. The van der Waals surface area contributed by atoms with Crippen LogP contribution in [0.15, 0.2) is 37.4 Å². The summed E-state index contributed by atoms with van der Waals surface area (Å²) in [5.74, 6) is 0.633. The first-order chi connectivity index (χ1) is 8.70. The zero-order chi connectivity index (χ0) is 14.0. The summed E-state index contributed by atoms with van der Waals surface area (Å²) in [6.45, 7) is 14.4. The molecule has 0 N–H and O–H groups in total. The Hall–Kier alpha value is -1.19. The molecule has 0 atom stereocenters. The lowest BCUT2D eigenvalue weighted by molar-refractivity contribution is 0.371. The second-order valence-electron chi connectivity index (χ2n) is 3.09. The lowest BCUT2D eigenvalue weighted by atomic mass is 10.1. The molecule has 0 bridgehead atoms. The van der Waals surface area contributed by atoms with Crippen molar-refractivity contribution in [2.45, 2.75) is 20.8 Å². The van der Waals surface area contributed by atoms with E-state index in [1.165, 1.54) is 12.0 Å². The standard InChI is InChI=1S/C13H16O2S.C2H6/c1-5-15-16-11(3)13-9-7-6-8-12(13)10(2)14-4;1-2/h6-9H,2-3,5H2,1,4H3;1-2H3. The van der Waals surface area contributed by atoms with Gasteiger partial charge in [-0.15, -0.1) is 0 Å². The van der Waals surface area contributed by atoms with Crippen LogP contribution >= 0.6 is 12.0 Å². The average Bonchev–Trinajstić information content (AvgIpc) is 2.46. The highest BCUT2D eigenvalue weighted by atomic mass is 32.2. The highest BCUT2D eigenvalue weighted by molar-refractivity contribution is 8.04. The lowest BCUT2D eigenvalue weighted by Gasteiger charge is -2.12. The fourth-order valence-electron chi connectivity index (χ4n) is 1.25. The van der Waals surface area contributed by atoms with E-state index in [4.69, 9.17) is 8.92 Å². The van der Waals surface area contributed by atoms with Gasteiger partial charge in [-0.25, -0.2) is 0 Å².